The lowest BCUT2D eigenvalue weighted by atomic mass is 10.2. The van der Waals surface area contributed by atoms with Crippen LogP contribution in [0, 0.1) is 0 Å². The van der Waals surface area contributed by atoms with Crippen LogP contribution >= 0.6 is 0 Å². The Bertz CT molecular complexity index is 231. The second-order valence-corrected chi connectivity index (χ2v) is 2.44. The highest BCUT2D eigenvalue weighted by Gasteiger charge is 2.14. The van der Waals surface area contributed by atoms with Gasteiger partial charge < -0.3 is 4.74 Å². The van der Waals surface area contributed by atoms with Gasteiger partial charge in [-0.15, -0.1) is 0 Å². The smallest absolute Gasteiger partial charge is 0.113 e. The number of ether oxygens (including phenoxy) is 1. The van der Waals surface area contributed by atoms with Crippen LogP contribution in [0.3, 0.4) is 0 Å². The Kier molecular flexibility index (Phi) is 0.810. The van der Waals surface area contributed by atoms with E-state index in [1.807, 2.05) is 6.26 Å². The van der Waals surface area contributed by atoms with Crippen molar-refractivity contribution in [1.29, 1.82) is 0 Å². The fourth-order valence-corrected chi connectivity index (χ4v) is 1.19. The summed E-state index contributed by atoms with van der Waals surface area (Å²) >= 11 is 0. The molecule has 46 valence electrons. The van der Waals surface area contributed by atoms with Crippen molar-refractivity contribution in [3.63, 3.8) is 0 Å². The molecule has 0 bridgehead atoms. The molecule has 0 amide bonds. The summed E-state index contributed by atoms with van der Waals surface area (Å²) in [6.45, 7) is 2.87. The van der Waals surface area contributed by atoms with Crippen LogP contribution < -0.4 is 0 Å². The Morgan fingerprint density at radius 1 is 1.44 bits per heavy atom. The zero-order valence-electron chi connectivity index (χ0n) is 5.35. The molecule has 1 aliphatic heterocycles. The minimum atomic E-state index is 0.767. The van der Waals surface area contributed by atoms with Crippen molar-refractivity contribution in [3.8, 4) is 0 Å². The lowest BCUT2D eigenvalue weighted by molar-refractivity contribution is 0.301. The fraction of sp³-hybridized carbons (Fsp3) is 0.250. The molecule has 0 fully saturated rings. The summed E-state index contributed by atoms with van der Waals surface area (Å²) in [4.78, 5) is 0. The topological polar surface area (TPSA) is 9.23 Å². The average molecular weight is 120 g/mol. The molecule has 0 aromatic carbocycles. The van der Waals surface area contributed by atoms with Gasteiger partial charge in [0.1, 0.15) is 6.61 Å². The van der Waals surface area contributed by atoms with Gasteiger partial charge in [0.25, 0.3) is 0 Å². The maximum absolute atomic E-state index is 5.08. The summed E-state index contributed by atoms with van der Waals surface area (Å²) in [5.41, 5.74) is 3.92. The molecule has 0 atom stereocenters. The lowest BCUT2D eigenvalue weighted by Gasteiger charge is -1.87. The molecule has 0 saturated heterocycles. The summed E-state index contributed by atoms with van der Waals surface area (Å²) < 4.78 is 5.08. The Morgan fingerprint density at radius 3 is 3.11 bits per heavy atom. The van der Waals surface area contributed by atoms with Gasteiger partial charge in [-0.2, -0.15) is 0 Å². The number of rotatable bonds is 0. The molecule has 1 heterocycles. The average Bonchev–Trinajstić information content (AvgIpc) is 2.22. The van der Waals surface area contributed by atoms with Crippen LogP contribution in [0.1, 0.15) is 6.92 Å². The molecule has 0 radical (unpaired) electrons. The van der Waals surface area contributed by atoms with Crippen molar-refractivity contribution in [2.24, 2.45) is 0 Å². The van der Waals surface area contributed by atoms with Crippen molar-refractivity contribution in [2.45, 2.75) is 6.92 Å². The van der Waals surface area contributed by atoms with Crippen molar-refractivity contribution >= 4 is 0 Å². The number of hydrogen-bond acceptors (Lipinski definition) is 1. The first-order valence-electron chi connectivity index (χ1n) is 3.07. The number of fused-ring (bicyclic) bond motifs is 1. The van der Waals surface area contributed by atoms with E-state index in [4.69, 9.17) is 4.74 Å². The molecule has 0 saturated carbocycles. The molecule has 1 nitrogen and oxygen atoms in total. The molecular weight excluding hydrogens is 112 g/mol. The molecule has 0 aromatic rings. The van der Waals surface area contributed by atoms with E-state index >= 15 is 0 Å². The highest BCUT2D eigenvalue weighted by Crippen LogP contribution is 2.27. The van der Waals surface area contributed by atoms with E-state index in [1.54, 1.807) is 0 Å². The highest BCUT2D eigenvalue weighted by atomic mass is 16.5. The zero-order chi connectivity index (χ0) is 6.27. The van der Waals surface area contributed by atoms with Gasteiger partial charge in [0.15, 0.2) is 0 Å². The first kappa shape index (κ1) is 4.86. The van der Waals surface area contributed by atoms with Crippen LogP contribution in [0.15, 0.2) is 35.1 Å². The number of allylic oxidation sites excluding steroid dienone is 3. The molecule has 2 aliphatic rings. The van der Waals surface area contributed by atoms with Crippen molar-refractivity contribution < 1.29 is 4.74 Å². The third-order valence-corrected chi connectivity index (χ3v) is 1.61. The first-order valence-corrected chi connectivity index (χ1v) is 3.07. The Morgan fingerprint density at radius 2 is 2.33 bits per heavy atom. The SMILES string of the molecule is CC1=CC2=COCC2=C1. The Balaban J connectivity index is 2.46. The van der Waals surface area contributed by atoms with Gasteiger partial charge in [-0.3, -0.25) is 0 Å². The fourth-order valence-electron chi connectivity index (χ4n) is 1.19. The molecule has 9 heavy (non-hydrogen) atoms. The first-order chi connectivity index (χ1) is 4.36. The Labute approximate surface area is 54.3 Å². The van der Waals surface area contributed by atoms with E-state index in [-0.39, 0.29) is 0 Å². The maximum Gasteiger partial charge on any atom is 0.113 e. The van der Waals surface area contributed by atoms with E-state index in [0.29, 0.717) is 0 Å². The van der Waals surface area contributed by atoms with Gasteiger partial charge >= 0.3 is 0 Å². The van der Waals surface area contributed by atoms with Gasteiger partial charge in [-0.25, -0.2) is 0 Å². The summed E-state index contributed by atoms with van der Waals surface area (Å²) in [5.74, 6) is 0. The van der Waals surface area contributed by atoms with Crippen LogP contribution in [-0.2, 0) is 4.74 Å². The van der Waals surface area contributed by atoms with Crippen LogP contribution in [0.2, 0.25) is 0 Å². The van der Waals surface area contributed by atoms with Crippen LogP contribution in [0.25, 0.3) is 0 Å². The van der Waals surface area contributed by atoms with E-state index in [9.17, 15) is 0 Å². The standard InChI is InChI=1S/C8H8O/c1-6-2-7-4-9-5-8(7)3-6/h2-4H,5H2,1H3. The quantitative estimate of drug-likeness (QED) is 0.473. The second-order valence-electron chi connectivity index (χ2n) is 2.44. The summed E-state index contributed by atoms with van der Waals surface area (Å²) in [6.07, 6.45) is 6.13. The van der Waals surface area contributed by atoms with E-state index in [2.05, 4.69) is 19.1 Å². The van der Waals surface area contributed by atoms with Crippen molar-refractivity contribution in [3.05, 3.63) is 35.1 Å². The minimum absolute atomic E-state index is 0.767. The third-order valence-electron chi connectivity index (χ3n) is 1.61. The summed E-state index contributed by atoms with van der Waals surface area (Å²) in [6, 6.07) is 0. The van der Waals surface area contributed by atoms with Gasteiger partial charge in [0, 0.05) is 5.57 Å². The zero-order valence-corrected chi connectivity index (χ0v) is 5.35. The minimum Gasteiger partial charge on any atom is -0.496 e. The van der Waals surface area contributed by atoms with Gasteiger partial charge in [0.05, 0.1) is 6.26 Å². The lowest BCUT2D eigenvalue weighted by Crippen LogP contribution is -1.80. The van der Waals surface area contributed by atoms with Gasteiger partial charge in [0.2, 0.25) is 0 Å². The van der Waals surface area contributed by atoms with Crippen LogP contribution in [0.4, 0.5) is 0 Å². The highest BCUT2D eigenvalue weighted by molar-refractivity contribution is 5.53. The predicted octanol–water partition coefficient (Wildman–Crippen LogP) is 1.79. The van der Waals surface area contributed by atoms with E-state index < -0.39 is 0 Å². The van der Waals surface area contributed by atoms with E-state index in [0.717, 1.165) is 6.61 Å². The number of hydrogen-bond donors (Lipinski definition) is 0. The second kappa shape index (κ2) is 1.50. The monoisotopic (exact) mass is 120 g/mol. The van der Waals surface area contributed by atoms with Gasteiger partial charge in [-0.05, 0) is 24.1 Å². The normalized spacial score (nSPS) is 22.1. The molecular formula is C8H8O. The van der Waals surface area contributed by atoms with Gasteiger partial charge in [-0.1, -0.05) is 6.08 Å². The molecule has 2 rings (SSSR count). The van der Waals surface area contributed by atoms with E-state index in [1.165, 1.54) is 16.7 Å². The maximum atomic E-state index is 5.08. The summed E-state index contributed by atoms with van der Waals surface area (Å²) in [7, 11) is 0. The molecule has 0 spiro atoms. The molecule has 1 heteroatoms. The third kappa shape index (κ3) is 0.611. The predicted molar refractivity (Wildman–Crippen MR) is 35.9 cm³/mol. The molecule has 0 N–H and O–H groups in total. The van der Waals surface area contributed by atoms with Crippen LogP contribution in [0.5, 0.6) is 0 Å². The summed E-state index contributed by atoms with van der Waals surface area (Å²) in [5, 5.41) is 0. The Hall–Kier alpha value is -0.980. The van der Waals surface area contributed by atoms with Crippen molar-refractivity contribution in [1.82, 2.24) is 0 Å². The molecule has 0 unspecified atom stereocenters. The molecule has 0 aromatic heterocycles. The molecule has 1 aliphatic carbocycles. The van der Waals surface area contributed by atoms with Crippen LogP contribution in [-0.4, -0.2) is 6.61 Å². The largest absolute Gasteiger partial charge is 0.496 e. The van der Waals surface area contributed by atoms with Crippen molar-refractivity contribution in [2.75, 3.05) is 6.61 Å².